The standard InChI is InChI=1S/C17H18NSi.2ClH.Zr/c1-19(2,3)14-11-13-7-6-8-15(16(13)12-14)17-9-4-5-10-18-17;;;/h4-12H,1-3H3;2*1H;/q-1;;;+3/p-2. The van der Waals surface area contributed by atoms with E-state index in [1.165, 1.54) is 21.5 Å². The molecule has 1 aromatic heterocycles. The molecule has 2 aromatic carbocycles. The zero-order valence-electron chi connectivity index (χ0n) is 12.9. The fourth-order valence-corrected chi connectivity index (χ4v) is 3.58. The smallest absolute Gasteiger partial charge is 1.00 e. The first-order chi connectivity index (χ1) is 9.05. The van der Waals surface area contributed by atoms with Crippen LogP contribution in [0.15, 0.2) is 54.7 Å². The van der Waals surface area contributed by atoms with E-state index in [9.17, 15) is 0 Å². The molecule has 22 heavy (non-hydrogen) atoms. The van der Waals surface area contributed by atoms with Gasteiger partial charge in [-0.25, -0.2) is 0 Å². The fourth-order valence-electron chi connectivity index (χ4n) is 2.41. The second-order valence-electron chi connectivity index (χ2n) is 6.02. The third-order valence-electron chi connectivity index (χ3n) is 3.56. The molecule has 1 nitrogen and oxygen atoms in total. The van der Waals surface area contributed by atoms with Gasteiger partial charge in [0, 0.05) is 6.20 Å². The van der Waals surface area contributed by atoms with Gasteiger partial charge in [0.15, 0.2) is 0 Å². The van der Waals surface area contributed by atoms with Crippen molar-refractivity contribution in [3.63, 3.8) is 0 Å². The zero-order chi connectivity index (χ0) is 13.5. The van der Waals surface area contributed by atoms with Gasteiger partial charge in [0.1, 0.15) is 0 Å². The van der Waals surface area contributed by atoms with Gasteiger partial charge in [-0.1, -0.05) is 31.8 Å². The summed E-state index contributed by atoms with van der Waals surface area (Å²) in [4.78, 5) is 4.48. The van der Waals surface area contributed by atoms with Crippen molar-refractivity contribution in [2.45, 2.75) is 19.6 Å². The van der Waals surface area contributed by atoms with Crippen molar-refractivity contribution in [2.24, 2.45) is 0 Å². The number of fused-ring (bicyclic) bond motifs is 1. The number of hydrogen-bond donors (Lipinski definition) is 0. The Kier molecular flexibility index (Phi) is 8.36. The van der Waals surface area contributed by atoms with Gasteiger partial charge in [-0.2, -0.15) is 6.07 Å². The van der Waals surface area contributed by atoms with Crippen LogP contribution in [-0.4, -0.2) is 13.1 Å². The molecule has 3 rings (SSSR count). The normalized spacial score (nSPS) is 10.3. The van der Waals surface area contributed by atoms with Gasteiger partial charge in [-0.05, 0) is 17.7 Å². The summed E-state index contributed by atoms with van der Waals surface area (Å²) in [6.07, 6.45) is 1.86. The first-order valence-electron chi connectivity index (χ1n) is 6.67. The monoisotopic (exact) mass is 424 g/mol. The van der Waals surface area contributed by atoms with Crippen LogP contribution in [-0.2, 0) is 26.2 Å². The molecule has 5 heteroatoms. The molecular formula is C17H18Cl2NSiZr. The van der Waals surface area contributed by atoms with Crippen LogP contribution in [0.2, 0.25) is 19.6 Å². The third-order valence-corrected chi connectivity index (χ3v) is 5.58. The van der Waals surface area contributed by atoms with Gasteiger partial charge in [0.2, 0.25) is 0 Å². The number of benzene rings is 1. The van der Waals surface area contributed by atoms with Crippen LogP contribution in [0.5, 0.6) is 0 Å². The van der Waals surface area contributed by atoms with Crippen LogP contribution in [0.3, 0.4) is 0 Å². The van der Waals surface area contributed by atoms with Gasteiger partial charge in [-0.15, -0.1) is 34.2 Å². The molecule has 0 spiro atoms. The van der Waals surface area contributed by atoms with Crippen molar-refractivity contribution < 1.29 is 51.0 Å². The van der Waals surface area contributed by atoms with E-state index in [1.807, 2.05) is 18.3 Å². The van der Waals surface area contributed by atoms with Crippen LogP contribution < -0.4 is 30.0 Å². The summed E-state index contributed by atoms with van der Waals surface area (Å²) < 4.78 is 0. The van der Waals surface area contributed by atoms with Gasteiger partial charge < -0.3 is 24.8 Å². The molecule has 0 bridgehead atoms. The minimum atomic E-state index is -1.26. The summed E-state index contributed by atoms with van der Waals surface area (Å²) in [5.41, 5.74) is 2.29. The zero-order valence-corrected chi connectivity index (χ0v) is 17.9. The van der Waals surface area contributed by atoms with Gasteiger partial charge >= 0.3 is 26.2 Å². The molecule has 113 valence electrons. The fraction of sp³-hybridized carbons (Fsp3) is 0.176. The Morgan fingerprint density at radius 3 is 2.27 bits per heavy atom. The van der Waals surface area contributed by atoms with E-state index < -0.39 is 8.07 Å². The third kappa shape index (κ3) is 4.35. The first-order valence-corrected chi connectivity index (χ1v) is 10.2. The molecule has 0 amide bonds. The van der Waals surface area contributed by atoms with Crippen molar-refractivity contribution in [3.8, 4) is 11.3 Å². The summed E-state index contributed by atoms with van der Waals surface area (Å²) in [5, 5.41) is 4.19. The van der Waals surface area contributed by atoms with Crippen molar-refractivity contribution in [2.75, 3.05) is 0 Å². The average molecular weight is 427 g/mol. The Bertz CT molecular complexity index is 720. The van der Waals surface area contributed by atoms with Crippen molar-refractivity contribution in [1.29, 1.82) is 0 Å². The predicted molar refractivity (Wildman–Crippen MR) is 85.8 cm³/mol. The molecule has 0 N–H and O–H groups in total. The van der Waals surface area contributed by atoms with E-state index in [2.05, 4.69) is 61.0 Å². The first kappa shape index (κ1) is 21.7. The summed E-state index contributed by atoms with van der Waals surface area (Å²) >= 11 is 0. The quantitative estimate of drug-likeness (QED) is 0.347. The minimum absolute atomic E-state index is 0. The largest absolute Gasteiger partial charge is 3.00 e. The Hall–Kier alpha value is -0.340. The second kappa shape index (κ2) is 8.49. The Morgan fingerprint density at radius 1 is 0.955 bits per heavy atom. The molecule has 1 heterocycles. The number of pyridine rings is 1. The molecule has 0 saturated heterocycles. The maximum absolute atomic E-state index is 4.48. The maximum Gasteiger partial charge on any atom is 3.00 e. The predicted octanol–water partition coefficient (Wildman–Crippen LogP) is -1.83. The Balaban J connectivity index is 0.00000147. The molecular weight excluding hydrogens is 408 g/mol. The SMILES string of the molecule is C[Si](C)(C)c1cc2c(-c3ccccn3)cccc2[cH-]1.[Cl-].[Cl-].[Zr+3]. The molecule has 0 atom stereocenters. The molecule has 0 fully saturated rings. The van der Waals surface area contributed by atoms with Crippen molar-refractivity contribution in [1.82, 2.24) is 4.98 Å². The van der Waals surface area contributed by atoms with Crippen molar-refractivity contribution in [3.05, 3.63) is 54.7 Å². The van der Waals surface area contributed by atoms with Crippen LogP contribution in [0.25, 0.3) is 22.0 Å². The van der Waals surface area contributed by atoms with E-state index in [-0.39, 0.29) is 51.0 Å². The number of rotatable bonds is 2. The van der Waals surface area contributed by atoms with E-state index in [4.69, 9.17) is 0 Å². The maximum atomic E-state index is 4.48. The van der Waals surface area contributed by atoms with E-state index >= 15 is 0 Å². The Labute approximate surface area is 164 Å². The molecule has 0 aliphatic heterocycles. The topological polar surface area (TPSA) is 12.9 Å². The Morgan fingerprint density at radius 2 is 1.68 bits per heavy atom. The van der Waals surface area contributed by atoms with Crippen LogP contribution in [0.1, 0.15) is 0 Å². The van der Waals surface area contributed by atoms with E-state index in [0.717, 1.165) is 5.69 Å². The molecule has 0 saturated carbocycles. The van der Waals surface area contributed by atoms with Gasteiger partial charge in [0.25, 0.3) is 0 Å². The average Bonchev–Trinajstić information content (AvgIpc) is 2.83. The molecule has 1 radical (unpaired) electrons. The summed E-state index contributed by atoms with van der Waals surface area (Å²) in [6, 6.07) is 17.3. The number of hydrogen-bond acceptors (Lipinski definition) is 1. The summed E-state index contributed by atoms with van der Waals surface area (Å²) in [5.74, 6) is 0. The van der Waals surface area contributed by atoms with Gasteiger partial charge in [0.05, 0.1) is 13.8 Å². The van der Waals surface area contributed by atoms with Crippen LogP contribution in [0.4, 0.5) is 0 Å². The number of halogens is 2. The minimum Gasteiger partial charge on any atom is -1.00 e. The molecule has 0 unspecified atom stereocenters. The second-order valence-corrected chi connectivity index (χ2v) is 11.1. The molecule has 3 aromatic rings. The number of aromatic nitrogens is 1. The van der Waals surface area contributed by atoms with Crippen LogP contribution >= 0.6 is 0 Å². The number of nitrogens with zero attached hydrogens (tertiary/aromatic N) is 1. The van der Waals surface area contributed by atoms with Crippen molar-refractivity contribution >= 4 is 24.0 Å². The van der Waals surface area contributed by atoms with E-state index in [0.29, 0.717) is 0 Å². The summed E-state index contributed by atoms with van der Waals surface area (Å²) in [6.45, 7) is 7.17. The van der Waals surface area contributed by atoms with E-state index in [1.54, 1.807) is 0 Å². The summed E-state index contributed by atoms with van der Waals surface area (Å²) in [7, 11) is -1.26. The molecule has 0 aliphatic carbocycles. The van der Waals surface area contributed by atoms with Crippen LogP contribution in [0, 0.1) is 0 Å². The van der Waals surface area contributed by atoms with Gasteiger partial charge in [-0.3, -0.25) is 4.98 Å². The molecule has 0 aliphatic rings.